The van der Waals surface area contributed by atoms with Gasteiger partial charge in [0.2, 0.25) is 5.95 Å². The summed E-state index contributed by atoms with van der Waals surface area (Å²) >= 11 is 0. The summed E-state index contributed by atoms with van der Waals surface area (Å²) in [6.45, 7) is 2.57. The van der Waals surface area contributed by atoms with E-state index in [4.69, 9.17) is 9.47 Å². The fourth-order valence-electron chi connectivity index (χ4n) is 4.43. The highest BCUT2D eigenvalue weighted by Gasteiger charge is 2.38. The zero-order valence-corrected chi connectivity index (χ0v) is 17.5. The lowest BCUT2D eigenvalue weighted by Crippen LogP contribution is -2.30. The molecule has 0 bridgehead atoms. The summed E-state index contributed by atoms with van der Waals surface area (Å²) in [6, 6.07) is 13.2. The van der Waals surface area contributed by atoms with Crippen molar-refractivity contribution < 1.29 is 19.2 Å². The van der Waals surface area contributed by atoms with Crippen LogP contribution in [0.15, 0.2) is 59.8 Å². The zero-order chi connectivity index (χ0) is 22.2. The number of carbonyl (C=O) groups is 1. The first kappa shape index (κ1) is 20.2. The standard InChI is InChI=1S/C23H22N4O5/c1-14-20(22(28)32-13-15-7-6-12-31-15)21(16-8-2-4-10-18(16)27(29)30)26-19-11-5-3-9-17(19)25-23(26)24-14/h2-5,8-11,15,21H,6-7,12-13H2,1H3,(H,24,25)/t15-,21-/m0/s1. The summed E-state index contributed by atoms with van der Waals surface area (Å²) in [4.78, 5) is 29.4. The number of allylic oxidation sites excluding steroid dienone is 1. The van der Waals surface area contributed by atoms with Crippen LogP contribution < -0.4 is 5.32 Å². The van der Waals surface area contributed by atoms with Crippen LogP contribution >= 0.6 is 0 Å². The highest BCUT2D eigenvalue weighted by molar-refractivity contribution is 5.94. The number of para-hydroxylation sites is 3. The van der Waals surface area contributed by atoms with E-state index in [2.05, 4.69) is 10.3 Å². The fourth-order valence-corrected chi connectivity index (χ4v) is 4.43. The molecule has 9 nitrogen and oxygen atoms in total. The molecule has 0 amide bonds. The second-order valence-electron chi connectivity index (χ2n) is 7.91. The Morgan fingerprint density at radius 2 is 2.06 bits per heavy atom. The van der Waals surface area contributed by atoms with Crippen LogP contribution in [0, 0.1) is 10.1 Å². The third-order valence-electron chi connectivity index (χ3n) is 5.90. The van der Waals surface area contributed by atoms with Crippen molar-refractivity contribution >= 4 is 28.6 Å². The molecule has 0 aliphatic carbocycles. The zero-order valence-electron chi connectivity index (χ0n) is 17.5. The Morgan fingerprint density at radius 3 is 2.84 bits per heavy atom. The highest BCUT2D eigenvalue weighted by atomic mass is 16.6. The molecule has 1 fully saturated rings. The molecule has 2 aliphatic rings. The van der Waals surface area contributed by atoms with Gasteiger partial charge in [-0.1, -0.05) is 24.3 Å². The number of nitrogens with one attached hydrogen (secondary N) is 1. The lowest BCUT2D eigenvalue weighted by atomic mass is 9.93. The van der Waals surface area contributed by atoms with Crippen molar-refractivity contribution in [3.05, 3.63) is 75.5 Å². The number of carbonyl (C=O) groups excluding carboxylic acids is 1. The van der Waals surface area contributed by atoms with Crippen molar-refractivity contribution in [2.24, 2.45) is 0 Å². The van der Waals surface area contributed by atoms with Crippen LogP contribution in [0.1, 0.15) is 31.4 Å². The molecule has 1 N–H and O–H groups in total. The lowest BCUT2D eigenvalue weighted by molar-refractivity contribution is -0.385. The summed E-state index contributed by atoms with van der Waals surface area (Å²) in [5.74, 6) is -0.0143. The Balaban J connectivity index is 1.64. The van der Waals surface area contributed by atoms with Gasteiger partial charge in [0.1, 0.15) is 12.6 Å². The Labute approximate surface area is 183 Å². The molecule has 2 aromatic carbocycles. The molecule has 164 valence electrons. The molecule has 1 aromatic heterocycles. The number of nitro benzene ring substituents is 1. The number of ether oxygens (including phenoxy) is 2. The molecule has 3 aromatic rings. The third kappa shape index (κ3) is 3.40. The first-order valence-corrected chi connectivity index (χ1v) is 10.5. The van der Waals surface area contributed by atoms with Crippen molar-refractivity contribution in [3.8, 4) is 0 Å². The fraction of sp³-hybridized carbons (Fsp3) is 0.304. The molecule has 32 heavy (non-hydrogen) atoms. The van der Waals surface area contributed by atoms with E-state index in [1.165, 1.54) is 6.07 Å². The Kier molecular flexibility index (Phi) is 5.10. The maximum atomic E-state index is 13.3. The van der Waals surface area contributed by atoms with Crippen molar-refractivity contribution in [1.82, 2.24) is 9.55 Å². The third-order valence-corrected chi connectivity index (χ3v) is 5.90. The molecule has 1 saturated heterocycles. The van der Waals surface area contributed by atoms with Crippen LogP contribution in [0.3, 0.4) is 0 Å². The summed E-state index contributed by atoms with van der Waals surface area (Å²) in [5.41, 5.74) is 2.67. The number of benzene rings is 2. The monoisotopic (exact) mass is 434 g/mol. The summed E-state index contributed by atoms with van der Waals surface area (Å²) < 4.78 is 13.0. The normalized spacial score (nSPS) is 20.2. The van der Waals surface area contributed by atoms with Crippen molar-refractivity contribution in [1.29, 1.82) is 0 Å². The molecule has 0 spiro atoms. The van der Waals surface area contributed by atoms with E-state index in [0.717, 1.165) is 23.9 Å². The van der Waals surface area contributed by atoms with E-state index < -0.39 is 16.9 Å². The van der Waals surface area contributed by atoms with E-state index in [9.17, 15) is 14.9 Å². The largest absolute Gasteiger partial charge is 0.459 e. The van der Waals surface area contributed by atoms with Crippen LogP contribution in [0.5, 0.6) is 0 Å². The van der Waals surface area contributed by atoms with Gasteiger partial charge in [0.25, 0.3) is 5.69 Å². The molecule has 0 radical (unpaired) electrons. The van der Waals surface area contributed by atoms with Crippen molar-refractivity contribution in [2.45, 2.75) is 31.9 Å². The average Bonchev–Trinajstić information content (AvgIpc) is 3.44. The molecule has 5 rings (SSSR count). The average molecular weight is 434 g/mol. The second-order valence-corrected chi connectivity index (χ2v) is 7.91. The second kappa shape index (κ2) is 8.08. The first-order chi connectivity index (χ1) is 15.5. The maximum Gasteiger partial charge on any atom is 0.338 e. The Morgan fingerprint density at radius 1 is 1.28 bits per heavy atom. The van der Waals surface area contributed by atoms with Crippen LogP contribution in [0.25, 0.3) is 11.0 Å². The smallest absolute Gasteiger partial charge is 0.338 e. The van der Waals surface area contributed by atoms with Gasteiger partial charge in [0.15, 0.2) is 0 Å². The van der Waals surface area contributed by atoms with Crippen LogP contribution in [-0.4, -0.2) is 39.8 Å². The maximum absolute atomic E-state index is 13.3. The van der Waals surface area contributed by atoms with Crippen molar-refractivity contribution in [2.75, 3.05) is 18.5 Å². The lowest BCUT2D eigenvalue weighted by Gasteiger charge is -2.30. The number of rotatable bonds is 5. The number of nitro groups is 1. The predicted octanol–water partition coefficient (Wildman–Crippen LogP) is 3.96. The molecular weight excluding hydrogens is 412 g/mol. The minimum absolute atomic E-state index is 0.0691. The van der Waals surface area contributed by atoms with E-state index in [1.807, 2.05) is 28.8 Å². The minimum atomic E-state index is -0.766. The van der Waals surface area contributed by atoms with E-state index in [-0.39, 0.29) is 18.4 Å². The van der Waals surface area contributed by atoms with Gasteiger partial charge < -0.3 is 14.8 Å². The number of esters is 1. The van der Waals surface area contributed by atoms with Gasteiger partial charge in [0, 0.05) is 18.4 Å². The van der Waals surface area contributed by atoms with Gasteiger partial charge in [-0.15, -0.1) is 0 Å². The van der Waals surface area contributed by atoms with Crippen molar-refractivity contribution in [3.63, 3.8) is 0 Å². The van der Waals surface area contributed by atoms with Gasteiger partial charge in [-0.3, -0.25) is 14.7 Å². The van der Waals surface area contributed by atoms with E-state index in [0.29, 0.717) is 29.4 Å². The molecular formula is C23H22N4O5. The molecule has 0 saturated carbocycles. The summed E-state index contributed by atoms with van der Waals surface area (Å²) in [7, 11) is 0. The van der Waals surface area contributed by atoms with E-state index >= 15 is 0 Å². The van der Waals surface area contributed by atoms with Crippen LogP contribution in [0.4, 0.5) is 11.6 Å². The van der Waals surface area contributed by atoms with Gasteiger partial charge >= 0.3 is 5.97 Å². The number of nitrogens with zero attached hydrogens (tertiary/aromatic N) is 3. The van der Waals surface area contributed by atoms with Gasteiger partial charge in [-0.05, 0) is 38.0 Å². The molecule has 3 heterocycles. The van der Waals surface area contributed by atoms with E-state index in [1.54, 1.807) is 25.1 Å². The minimum Gasteiger partial charge on any atom is -0.459 e. The number of aromatic nitrogens is 2. The quantitative estimate of drug-likeness (QED) is 0.368. The Hall–Kier alpha value is -3.72. The van der Waals surface area contributed by atoms with Gasteiger partial charge in [0.05, 0.1) is 33.2 Å². The Bertz CT molecular complexity index is 1240. The van der Waals surface area contributed by atoms with Crippen LogP contribution in [-0.2, 0) is 14.3 Å². The highest BCUT2D eigenvalue weighted by Crippen LogP contribution is 2.42. The predicted molar refractivity (Wildman–Crippen MR) is 117 cm³/mol. The number of hydrogen-bond donors (Lipinski definition) is 1. The first-order valence-electron chi connectivity index (χ1n) is 10.5. The summed E-state index contributed by atoms with van der Waals surface area (Å²) in [6.07, 6.45) is 1.66. The number of fused-ring (bicyclic) bond motifs is 3. The summed E-state index contributed by atoms with van der Waals surface area (Å²) in [5, 5.41) is 15.0. The van der Waals surface area contributed by atoms with Crippen LogP contribution in [0.2, 0.25) is 0 Å². The molecule has 9 heteroatoms. The van der Waals surface area contributed by atoms with Gasteiger partial charge in [-0.25, -0.2) is 9.78 Å². The number of hydrogen-bond acceptors (Lipinski definition) is 7. The topological polar surface area (TPSA) is 109 Å². The number of imidazole rings is 1. The number of anilines is 1. The van der Waals surface area contributed by atoms with Gasteiger partial charge in [-0.2, -0.15) is 0 Å². The SMILES string of the molecule is CC1=C(C(=O)OC[C@@H]2CCCO2)[C@H](c2ccccc2[N+](=O)[O-])n2c(nc3ccccc32)N1. The molecule has 2 atom stereocenters. The molecule has 2 aliphatic heterocycles. The molecule has 0 unspecified atom stereocenters.